The lowest BCUT2D eigenvalue weighted by Crippen LogP contribution is -2.29. The second-order valence-corrected chi connectivity index (χ2v) is 6.10. The topological polar surface area (TPSA) is 79.5 Å². The van der Waals surface area contributed by atoms with Gasteiger partial charge in [-0.3, -0.25) is 9.59 Å². The van der Waals surface area contributed by atoms with Crippen LogP contribution < -0.4 is 5.32 Å². The van der Waals surface area contributed by atoms with Gasteiger partial charge in [0.25, 0.3) is 0 Å². The molecule has 0 aliphatic rings. The Balaban J connectivity index is 2.45. The monoisotopic (exact) mass is 357 g/mol. The number of aliphatic carboxylic acids is 1. The Hall–Kier alpha value is -1.56. The Morgan fingerprint density at radius 2 is 2.14 bits per heavy atom. The Labute approximate surface area is 132 Å². The summed E-state index contributed by atoms with van der Waals surface area (Å²) in [5, 5.41) is 11.6. The van der Waals surface area contributed by atoms with E-state index in [2.05, 4.69) is 21.2 Å². The van der Waals surface area contributed by atoms with E-state index in [4.69, 9.17) is 9.52 Å². The maximum Gasteiger partial charge on any atom is 0.303 e. The molecule has 1 amide bonds. The first kappa shape index (κ1) is 17.5. The molecule has 1 heterocycles. The Morgan fingerprint density at radius 3 is 2.67 bits per heavy atom. The number of nitrogens with one attached hydrogen (secondary N) is 1. The van der Waals surface area contributed by atoms with Crippen LogP contribution in [-0.2, 0) is 9.59 Å². The van der Waals surface area contributed by atoms with Gasteiger partial charge < -0.3 is 14.8 Å². The molecule has 2 N–H and O–H groups in total. The largest absolute Gasteiger partial charge is 0.481 e. The third kappa shape index (κ3) is 7.70. The van der Waals surface area contributed by atoms with Crippen LogP contribution in [-0.4, -0.2) is 23.5 Å². The predicted molar refractivity (Wildman–Crippen MR) is 83.6 cm³/mol. The first-order chi connectivity index (χ1) is 9.86. The van der Waals surface area contributed by atoms with Gasteiger partial charge in [-0.05, 0) is 52.4 Å². The molecule has 0 aromatic carbocycles. The highest BCUT2D eigenvalue weighted by Gasteiger charge is 2.15. The highest BCUT2D eigenvalue weighted by Crippen LogP contribution is 2.16. The number of carboxylic acids is 1. The van der Waals surface area contributed by atoms with Crippen LogP contribution in [0.25, 0.3) is 6.08 Å². The zero-order valence-electron chi connectivity index (χ0n) is 12.1. The minimum atomic E-state index is -0.842. The summed E-state index contributed by atoms with van der Waals surface area (Å²) < 4.78 is 5.84. The zero-order valence-corrected chi connectivity index (χ0v) is 13.7. The number of hydrogen-bond donors (Lipinski definition) is 2. The first-order valence-electron chi connectivity index (χ1n) is 6.80. The van der Waals surface area contributed by atoms with E-state index in [1.54, 1.807) is 18.2 Å². The highest BCUT2D eigenvalue weighted by molar-refractivity contribution is 9.10. The van der Waals surface area contributed by atoms with Crippen LogP contribution in [0.2, 0.25) is 0 Å². The maximum absolute atomic E-state index is 11.7. The molecule has 0 saturated heterocycles. The normalized spacial score (nSPS) is 12.8. The van der Waals surface area contributed by atoms with Crippen molar-refractivity contribution < 1.29 is 19.1 Å². The lowest BCUT2D eigenvalue weighted by Gasteiger charge is -2.17. The number of halogens is 1. The Morgan fingerprint density at radius 1 is 1.43 bits per heavy atom. The van der Waals surface area contributed by atoms with E-state index < -0.39 is 5.97 Å². The number of furan rings is 1. The lowest BCUT2D eigenvalue weighted by molar-refractivity contribution is -0.138. The van der Waals surface area contributed by atoms with E-state index in [9.17, 15) is 9.59 Å². The van der Waals surface area contributed by atoms with Crippen LogP contribution in [0, 0.1) is 11.8 Å². The first-order valence-corrected chi connectivity index (χ1v) is 7.59. The van der Waals surface area contributed by atoms with Crippen LogP contribution in [0.3, 0.4) is 0 Å². The van der Waals surface area contributed by atoms with Gasteiger partial charge in [-0.25, -0.2) is 0 Å². The summed E-state index contributed by atoms with van der Waals surface area (Å²) in [5.41, 5.74) is 0. The van der Waals surface area contributed by atoms with Crippen molar-refractivity contribution in [2.45, 2.75) is 26.7 Å². The van der Waals surface area contributed by atoms with Crippen molar-refractivity contribution in [2.24, 2.45) is 11.8 Å². The molecule has 0 spiro atoms. The third-order valence-corrected chi connectivity index (χ3v) is 3.25. The fraction of sp³-hybridized carbons (Fsp3) is 0.467. The van der Waals surface area contributed by atoms with Gasteiger partial charge in [0.05, 0.1) is 0 Å². The Kier molecular flexibility index (Phi) is 7.22. The summed E-state index contributed by atoms with van der Waals surface area (Å²) in [5.74, 6) is -0.200. The van der Waals surface area contributed by atoms with E-state index >= 15 is 0 Å². The molecule has 21 heavy (non-hydrogen) atoms. The molecule has 116 valence electrons. The summed E-state index contributed by atoms with van der Waals surface area (Å²) in [6.07, 6.45) is 3.77. The SMILES string of the molecule is CC(C)CC(CNC(=O)C=Cc1ccc(Br)o1)CC(=O)O. The standard InChI is InChI=1S/C15H20BrNO4/c1-10(2)7-11(8-15(19)20)9-17-14(18)6-4-12-3-5-13(16)21-12/h3-6,10-11H,7-9H2,1-2H3,(H,17,18)(H,19,20). The van der Waals surface area contributed by atoms with Gasteiger partial charge in [-0.2, -0.15) is 0 Å². The van der Waals surface area contributed by atoms with Gasteiger partial charge in [0.15, 0.2) is 4.67 Å². The Bertz CT molecular complexity index is 508. The van der Waals surface area contributed by atoms with E-state index in [1.807, 2.05) is 13.8 Å². The summed E-state index contributed by atoms with van der Waals surface area (Å²) in [4.78, 5) is 22.5. The number of rotatable bonds is 8. The van der Waals surface area contributed by atoms with E-state index in [0.717, 1.165) is 6.42 Å². The molecule has 0 radical (unpaired) electrons. The van der Waals surface area contributed by atoms with Gasteiger partial charge in [0.1, 0.15) is 5.76 Å². The molecular formula is C15H20BrNO4. The summed E-state index contributed by atoms with van der Waals surface area (Å²) in [7, 11) is 0. The fourth-order valence-electron chi connectivity index (χ4n) is 2.03. The second-order valence-electron chi connectivity index (χ2n) is 5.31. The summed E-state index contributed by atoms with van der Waals surface area (Å²) >= 11 is 3.18. The average molecular weight is 358 g/mol. The van der Waals surface area contributed by atoms with Gasteiger partial charge >= 0.3 is 5.97 Å². The second kappa shape index (κ2) is 8.67. The molecule has 0 bridgehead atoms. The molecule has 0 aliphatic heterocycles. The molecule has 6 heteroatoms. The van der Waals surface area contributed by atoms with Crippen molar-refractivity contribution in [2.75, 3.05) is 6.54 Å². The summed E-state index contributed by atoms with van der Waals surface area (Å²) in [6, 6.07) is 3.48. The fourth-order valence-corrected chi connectivity index (χ4v) is 2.35. The summed E-state index contributed by atoms with van der Waals surface area (Å²) in [6.45, 7) is 4.42. The number of carboxylic acid groups (broad SMARTS) is 1. The van der Waals surface area contributed by atoms with E-state index in [0.29, 0.717) is 22.9 Å². The minimum absolute atomic E-state index is 0.0578. The third-order valence-electron chi connectivity index (χ3n) is 2.83. The molecule has 1 aromatic rings. The molecule has 5 nitrogen and oxygen atoms in total. The molecule has 1 aromatic heterocycles. The van der Waals surface area contributed by atoms with Crippen LogP contribution in [0.1, 0.15) is 32.4 Å². The lowest BCUT2D eigenvalue weighted by atomic mass is 9.94. The quantitative estimate of drug-likeness (QED) is 0.699. The number of carbonyl (C=O) groups excluding carboxylic acids is 1. The van der Waals surface area contributed by atoms with Crippen LogP contribution in [0.5, 0.6) is 0 Å². The number of amides is 1. The number of hydrogen-bond acceptors (Lipinski definition) is 3. The number of carbonyl (C=O) groups is 2. The zero-order chi connectivity index (χ0) is 15.8. The molecule has 0 aliphatic carbocycles. The van der Waals surface area contributed by atoms with Crippen LogP contribution in [0.4, 0.5) is 0 Å². The van der Waals surface area contributed by atoms with Crippen LogP contribution in [0.15, 0.2) is 27.3 Å². The maximum atomic E-state index is 11.7. The predicted octanol–water partition coefficient (Wildman–Crippen LogP) is 3.31. The average Bonchev–Trinajstić information content (AvgIpc) is 2.78. The minimum Gasteiger partial charge on any atom is -0.481 e. The van der Waals surface area contributed by atoms with Gasteiger partial charge in [-0.1, -0.05) is 13.8 Å². The molecule has 0 fully saturated rings. The van der Waals surface area contributed by atoms with Crippen molar-refractivity contribution in [1.29, 1.82) is 0 Å². The van der Waals surface area contributed by atoms with Gasteiger partial charge in [-0.15, -0.1) is 0 Å². The van der Waals surface area contributed by atoms with Crippen molar-refractivity contribution in [3.63, 3.8) is 0 Å². The van der Waals surface area contributed by atoms with Crippen molar-refractivity contribution in [3.05, 3.63) is 28.6 Å². The van der Waals surface area contributed by atoms with Crippen LogP contribution >= 0.6 is 15.9 Å². The molecule has 0 saturated carbocycles. The van der Waals surface area contributed by atoms with Crippen molar-refractivity contribution >= 4 is 33.9 Å². The van der Waals surface area contributed by atoms with Gasteiger partial charge in [0.2, 0.25) is 5.91 Å². The smallest absolute Gasteiger partial charge is 0.303 e. The van der Waals surface area contributed by atoms with Gasteiger partial charge in [0, 0.05) is 19.0 Å². The molecule has 1 rings (SSSR count). The molecule has 1 unspecified atom stereocenters. The van der Waals surface area contributed by atoms with Crippen molar-refractivity contribution in [3.8, 4) is 0 Å². The molecular weight excluding hydrogens is 338 g/mol. The van der Waals surface area contributed by atoms with Crippen molar-refractivity contribution in [1.82, 2.24) is 5.32 Å². The molecule has 1 atom stereocenters. The van der Waals surface area contributed by atoms with E-state index in [1.165, 1.54) is 6.08 Å². The van der Waals surface area contributed by atoms with E-state index in [-0.39, 0.29) is 18.2 Å². The highest BCUT2D eigenvalue weighted by atomic mass is 79.9.